The molecule has 0 amide bonds. The first-order valence-corrected chi connectivity index (χ1v) is 11.8. The Labute approximate surface area is 194 Å². The average molecular weight is 434 g/mol. The molecule has 0 saturated carbocycles. The van der Waals surface area contributed by atoms with Gasteiger partial charge < -0.3 is 4.74 Å². The summed E-state index contributed by atoms with van der Waals surface area (Å²) in [4.78, 5) is 11.2. The predicted octanol–water partition coefficient (Wildman–Crippen LogP) is 6.29. The molecule has 0 N–H and O–H groups in total. The van der Waals surface area contributed by atoms with Gasteiger partial charge in [0.05, 0.1) is 5.69 Å². The number of ether oxygens (including phenoxy) is 1. The molecule has 2 aromatic heterocycles. The van der Waals surface area contributed by atoms with Crippen LogP contribution in [0.4, 0.5) is 0 Å². The molecule has 1 fully saturated rings. The Kier molecular flexibility index (Phi) is 5.37. The van der Waals surface area contributed by atoms with Crippen LogP contribution >= 0.6 is 0 Å². The van der Waals surface area contributed by atoms with E-state index < -0.39 is 0 Å². The summed E-state index contributed by atoms with van der Waals surface area (Å²) in [6, 6.07) is 25.6. The maximum Gasteiger partial charge on any atom is 0.131 e. The second kappa shape index (κ2) is 8.80. The number of hydrogen-bond donors (Lipinski definition) is 0. The summed E-state index contributed by atoms with van der Waals surface area (Å²) in [6.07, 6.45) is 7.92. The van der Waals surface area contributed by atoms with Crippen molar-refractivity contribution in [3.63, 3.8) is 0 Å². The SMILES string of the molecule is c1ccc(CN2CCC(C3c4ccccc4Oc4cc(-c5ccncc5)ccc43)CC2)nc1. The van der Waals surface area contributed by atoms with E-state index in [-0.39, 0.29) is 0 Å². The first kappa shape index (κ1) is 20.1. The van der Waals surface area contributed by atoms with Crippen LogP contribution in [-0.4, -0.2) is 28.0 Å². The maximum atomic E-state index is 6.43. The third-order valence-electron chi connectivity index (χ3n) is 7.05. The number of benzene rings is 2. The Balaban J connectivity index is 1.28. The molecular weight excluding hydrogens is 406 g/mol. The predicted molar refractivity (Wildman–Crippen MR) is 130 cm³/mol. The summed E-state index contributed by atoms with van der Waals surface area (Å²) in [5, 5.41) is 0. The first-order chi connectivity index (χ1) is 16.3. The van der Waals surface area contributed by atoms with Gasteiger partial charge in [0.2, 0.25) is 0 Å². The van der Waals surface area contributed by atoms with Gasteiger partial charge >= 0.3 is 0 Å². The minimum Gasteiger partial charge on any atom is -0.457 e. The van der Waals surface area contributed by atoms with Gasteiger partial charge in [-0.1, -0.05) is 36.4 Å². The summed E-state index contributed by atoms with van der Waals surface area (Å²) < 4.78 is 6.43. The maximum absolute atomic E-state index is 6.43. The van der Waals surface area contributed by atoms with Crippen LogP contribution in [0.3, 0.4) is 0 Å². The Bertz CT molecular complexity index is 1230. The van der Waals surface area contributed by atoms with Crippen molar-refractivity contribution < 1.29 is 4.74 Å². The number of likely N-dealkylation sites (tertiary alicyclic amines) is 1. The zero-order chi connectivity index (χ0) is 22.0. The highest BCUT2D eigenvalue weighted by Gasteiger charge is 2.35. The van der Waals surface area contributed by atoms with Gasteiger partial charge in [0.25, 0.3) is 0 Å². The lowest BCUT2D eigenvalue weighted by atomic mass is 9.74. The number of hydrogen-bond acceptors (Lipinski definition) is 4. The Morgan fingerprint density at radius 1 is 0.758 bits per heavy atom. The molecule has 33 heavy (non-hydrogen) atoms. The summed E-state index contributed by atoms with van der Waals surface area (Å²) in [5.41, 5.74) is 6.12. The molecule has 4 aromatic rings. The minimum atomic E-state index is 0.369. The van der Waals surface area contributed by atoms with E-state index in [1.165, 1.54) is 29.5 Å². The van der Waals surface area contributed by atoms with Crippen molar-refractivity contribution in [2.24, 2.45) is 5.92 Å². The van der Waals surface area contributed by atoms with E-state index in [1.54, 1.807) is 0 Å². The first-order valence-electron chi connectivity index (χ1n) is 11.8. The molecule has 2 aliphatic heterocycles. The molecule has 6 rings (SSSR count). The van der Waals surface area contributed by atoms with Crippen molar-refractivity contribution in [1.29, 1.82) is 0 Å². The molecule has 0 radical (unpaired) electrons. The lowest BCUT2D eigenvalue weighted by Crippen LogP contribution is -2.36. The molecule has 164 valence electrons. The van der Waals surface area contributed by atoms with E-state index in [4.69, 9.17) is 4.74 Å². The summed E-state index contributed by atoms with van der Waals surface area (Å²) in [7, 11) is 0. The average Bonchev–Trinajstić information content (AvgIpc) is 2.89. The summed E-state index contributed by atoms with van der Waals surface area (Å²) in [6.45, 7) is 3.14. The van der Waals surface area contributed by atoms with Gasteiger partial charge in [-0.3, -0.25) is 14.9 Å². The van der Waals surface area contributed by atoms with E-state index in [2.05, 4.69) is 69.5 Å². The largest absolute Gasteiger partial charge is 0.457 e. The normalized spacial score (nSPS) is 18.2. The number of rotatable bonds is 4. The van der Waals surface area contributed by atoms with Crippen LogP contribution in [0.5, 0.6) is 11.5 Å². The molecule has 1 atom stereocenters. The third kappa shape index (κ3) is 4.03. The quantitative estimate of drug-likeness (QED) is 0.379. The smallest absolute Gasteiger partial charge is 0.131 e. The topological polar surface area (TPSA) is 38.2 Å². The van der Waals surface area contributed by atoms with Crippen LogP contribution in [0.15, 0.2) is 91.4 Å². The molecule has 0 aliphatic carbocycles. The van der Waals surface area contributed by atoms with Crippen molar-refractivity contribution >= 4 is 0 Å². The highest BCUT2D eigenvalue weighted by atomic mass is 16.5. The number of aromatic nitrogens is 2. The van der Waals surface area contributed by atoms with E-state index >= 15 is 0 Å². The van der Waals surface area contributed by atoms with Crippen LogP contribution in [0.1, 0.15) is 35.6 Å². The standard InChI is InChI=1S/C29H27N3O/c1-2-7-27-25(6-1)29(22-12-17-32(18-13-22)20-24-5-3-4-14-31-24)26-9-8-23(19-28(26)33-27)21-10-15-30-16-11-21/h1-11,14-16,19,22,29H,12-13,17-18,20H2. The fraction of sp³-hybridized carbons (Fsp3) is 0.241. The summed E-state index contributed by atoms with van der Waals surface area (Å²) in [5.74, 6) is 2.95. The lowest BCUT2D eigenvalue weighted by molar-refractivity contribution is 0.164. The number of piperidine rings is 1. The van der Waals surface area contributed by atoms with Gasteiger partial charge in [-0.25, -0.2) is 0 Å². The molecule has 2 aromatic carbocycles. The van der Waals surface area contributed by atoms with Gasteiger partial charge in [-0.05, 0) is 79.4 Å². The van der Waals surface area contributed by atoms with Crippen molar-refractivity contribution in [2.75, 3.05) is 13.1 Å². The number of nitrogens with zero attached hydrogens (tertiary/aromatic N) is 3. The molecule has 1 unspecified atom stereocenters. The molecule has 4 heteroatoms. The van der Waals surface area contributed by atoms with E-state index in [0.717, 1.165) is 42.4 Å². The van der Waals surface area contributed by atoms with Crippen molar-refractivity contribution in [2.45, 2.75) is 25.3 Å². The molecule has 4 heterocycles. The summed E-state index contributed by atoms with van der Waals surface area (Å²) >= 11 is 0. The Morgan fingerprint density at radius 2 is 1.55 bits per heavy atom. The van der Waals surface area contributed by atoms with Crippen molar-refractivity contribution in [1.82, 2.24) is 14.9 Å². The Hall–Kier alpha value is -3.50. The van der Waals surface area contributed by atoms with Crippen molar-refractivity contribution in [3.05, 3.63) is 108 Å². The lowest BCUT2D eigenvalue weighted by Gasteiger charge is -2.39. The van der Waals surface area contributed by atoms with E-state index in [9.17, 15) is 0 Å². The van der Waals surface area contributed by atoms with Gasteiger partial charge in [0, 0.05) is 42.2 Å². The van der Waals surface area contributed by atoms with Gasteiger partial charge in [-0.15, -0.1) is 0 Å². The fourth-order valence-electron chi connectivity index (χ4n) is 5.39. The van der Waals surface area contributed by atoms with Crippen LogP contribution in [0.25, 0.3) is 11.1 Å². The van der Waals surface area contributed by atoms with Crippen LogP contribution in [0.2, 0.25) is 0 Å². The fourth-order valence-corrected chi connectivity index (χ4v) is 5.39. The van der Waals surface area contributed by atoms with Gasteiger partial charge in [0.1, 0.15) is 11.5 Å². The molecular formula is C29H27N3O. The van der Waals surface area contributed by atoms with Crippen LogP contribution in [0, 0.1) is 5.92 Å². The zero-order valence-electron chi connectivity index (χ0n) is 18.6. The molecule has 0 bridgehead atoms. The van der Waals surface area contributed by atoms with Gasteiger partial charge in [-0.2, -0.15) is 0 Å². The van der Waals surface area contributed by atoms with E-state index in [0.29, 0.717) is 11.8 Å². The molecule has 2 aliphatic rings. The third-order valence-corrected chi connectivity index (χ3v) is 7.05. The number of pyridine rings is 2. The molecule has 4 nitrogen and oxygen atoms in total. The van der Waals surface area contributed by atoms with Crippen LogP contribution in [-0.2, 0) is 6.54 Å². The number of para-hydroxylation sites is 1. The highest BCUT2D eigenvalue weighted by molar-refractivity contribution is 5.68. The van der Waals surface area contributed by atoms with Crippen molar-refractivity contribution in [3.8, 4) is 22.6 Å². The highest BCUT2D eigenvalue weighted by Crippen LogP contribution is 2.50. The van der Waals surface area contributed by atoms with Gasteiger partial charge in [0.15, 0.2) is 0 Å². The number of fused-ring (bicyclic) bond motifs is 2. The second-order valence-corrected chi connectivity index (χ2v) is 9.04. The monoisotopic (exact) mass is 433 g/mol. The van der Waals surface area contributed by atoms with E-state index in [1.807, 2.05) is 36.8 Å². The van der Waals surface area contributed by atoms with Crippen LogP contribution < -0.4 is 4.74 Å². The minimum absolute atomic E-state index is 0.369. The molecule has 1 saturated heterocycles. The second-order valence-electron chi connectivity index (χ2n) is 9.04. The zero-order valence-corrected chi connectivity index (χ0v) is 18.6. The molecule has 0 spiro atoms. The Morgan fingerprint density at radius 3 is 2.36 bits per heavy atom.